The van der Waals surface area contributed by atoms with Gasteiger partial charge in [-0.15, -0.1) is 0 Å². The predicted molar refractivity (Wildman–Crippen MR) is 173 cm³/mol. The number of aromatic amines is 1. The third kappa shape index (κ3) is 4.81. The van der Waals surface area contributed by atoms with E-state index in [4.69, 9.17) is 19.2 Å². The van der Waals surface area contributed by atoms with Crippen molar-refractivity contribution in [3.05, 3.63) is 71.4 Å². The van der Waals surface area contributed by atoms with Gasteiger partial charge in [-0.2, -0.15) is 4.31 Å². The van der Waals surface area contributed by atoms with Crippen LogP contribution in [0.1, 0.15) is 27.6 Å². The molecule has 1 fully saturated rings. The van der Waals surface area contributed by atoms with E-state index in [1.54, 1.807) is 12.0 Å². The van der Waals surface area contributed by atoms with Gasteiger partial charge in [0.2, 0.25) is 10.0 Å². The summed E-state index contributed by atoms with van der Waals surface area (Å²) in [5.41, 5.74) is 6.26. The van der Waals surface area contributed by atoms with Crippen molar-refractivity contribution < 1.29 is 22.5 Å². The molecular formula is C33H32N6O5S. The zero-order valence-electron chi connectivity index (χ0n) is 25.6. The van der Waals surface area contributed by atoms with E-state index >= 15 is 0 Å². The van der Waals surface area contributed by atoms with Gasteiger partial charge in [0.25, 0.3) is 5.91 Å². The van der Waals surface area contributed by atoms with Crippen LogP contribution < -0.4 is 4.74 Å². The lowest BCUT2D eigenvalue weighted by atomic mass is 9.94. The van der Waals surface area contributed by atoms with Crippen molar-refractivity contribution in [2.24, 2.45) is 0 Å². The summed E-state index contributed by atoms with van der Waals surface area (Å²) >= 11 is 0. The van der Waals surface area contributed by atoms with E-state index in [1.807, 2.05) is 69.3 Å². The van der Waals surface area contributed by atoms with Gasteiger partial charge in [0, 0.05) is 53.8 Å². The Labute approximate surface area is 259 Å². The number of ether oxygens (including phenoxy) is 1. The molecule has 11 nitrogen and oxygen atoms in total. The molecule has 0 saturated carbocycles. The van der Waals surface area contributed by atoms with Gasteiger partial charge in [-0.05, 0) is 49.7 Å². The van der Waals surface area contributed by atoms with E-state index < -0.39 is 10.0 Å². The first kappa shape index (κ1) is 28.9. The molecule has 230 valence electrons. The van der Waals surface area contributed by atoms with Gasteiger partial charge in [-0.25, -0.2) is 18.4 Å². The van der Waals surface area contributed by atoms with Crippen LogP contribution in [-0.2, 0) is 10.0 Å². The van der Waals surface area contributed by atoms with Crippen molar-refractivity contribution in [2.75, 3.05) is 39.5 Å². The topological polar surface area (TPSA) is 135 Å². The van der Waals surface area contributed by atoms with Crippen LogP contribution in [0.3, 0.4) is 0 Å². The van der Waals surface area contributed by atoms with Crippen LogP contribution in [0.5, 0.6) is 5.75 Å². The van der Waals surface area contributed by atoms with Crippen LogP contribution in [0, 0.1) is 20.8 Å². The van der Waals surface area contributed by atoms with Crippen molar-refractivity contribution in [1.29, 1.82) is 0 Å². The number of nitrogens with one attached hydrogen (secondary N) is 1. The maximum Gasteiger partial charge on any atom is 0.254 e. The lowest BCUT2D eigenvalue weighted by molar-refractivity contribution is 0.0700. The van der Waals surface area contributed by atoms with Crippen LogP contribution in [0.15, 0.2) is 53.1 Å². The Balaban J connectivity index is 1.38. The minimum atomic E-state index is -3.30. The number of piperazine rings is 1. The number of aromatic nitrogens is 4. The number of benzene rings is 3. The Morgan fingerprint density at radius 1 is 0.933 bits per heavy atom. The number of carbonyl (C=O) groups excluding carboxylic acids is 1. The second kappa shape index (κ2) is 10.7. The lowest BCUT2D eigenvalue weighted by Gasteiger charge is -2.33. The quantitative estimate of drug-likeness (QED) is 0.275. The third-order valence-electron chi connectivity index (χ3n) is 8.59. The van der Waals surface area contributed by atoms with Gasteiger partial charge in [0.1, 0.15) is 23.0 Å². The number of aryl methyl sites for hydroxylation is 3. The predicted octanol–water partition coefficient (Wildman–Crippen LogP) is 5.24. The molecule has 0 spiro atoms. The molecule has 7 rings (SSSR count). The van der Waals surface area contributed by atoms with E-state index in [0.717, 1.165) is 55.1 Å². The third-order valence-corrected chi connectivity index (χ3v) is 9.89. The number of carbonyl (C=O) groups is 1. The molecule has 3 aromatic carbocycles. The molecule has 1 aliphatic rings. The lowest BCUT2D eigenvalue weighted by Crippen LogP contribution is -2.50. The average Bonchev–Trinajstić information content (AvgIpc) is 3.56. The van der Waals surface area contributed by atoms with E-state index in [0.29, 0.717) is 41.6 Å². The number of H-pyrrole nitrogens is 1. The monoisotopic (exact) mass is 624 g/mol. The van der Waals surface area contributed by atoms with Gasteiger partial charge in [0.05, 0.1) is 35.7 Å². The van der Waals surface area contributed by atoms with Crippen LogP contribution in [-0.4, -0.2) is 83.2 Å². The van der Waals surface area contributed by atoms with Gasteiger partial charge >= 0.3 is 0 Å². The Kier molecular flexibility index (Phi) is 6.86. The van der Waals surface area contributed by atoms with Gasteiger partial charge in [-0.1, -0.05) is 35.5 Å². The largest absolute Gasteiger partial charge is 0.496 e. The number of hydrogen-bond donors (Lipinski definition) is 1. The van der Waals surface area contributed by atoms with Crippen LogP contribution >= 0.6 is 0 Å². The second-order valence-corrected chi connectivity index (χ2v) is 13.4. The zero-order valence-corrected chi connectivity index (χ0v) is 26.4. The highest BCUT2D eigenvalue weighted by molar-refractivity contribution is 7.88. The number of amides is 1. The number of nitrogens with zero attached hydrogens (tertiary/aromatic N) is 5. The highest BCUT2D eigenvalue weighted by Crippen LogP contribution is 2.42. The molecule has 1 aliphatic heterocycles. The Morgan fingerprint density at radius 3 is 2.33 bits per heavy atom. The number of methoxy groups -OCH3 is 1. The molecular weight excluding hydrogens is 592 g/mol. The summed E-state index contributed by atoms with van der Waals surface area (Å²) in [6.45, 7) is 6.87. The van der Waals surface area contributed by atoms with Gasteiger partial charge in [0.15, 0.2) is 0 Å². The van der Waals surface area contributed by atoms with E-state index in [-0.39, 0.29) is 19.0 Å². The zero-order chi connectivity index (χ0) is 31.6. The minimum Gasteiger partial charge on any atom is -0.496 e. The van der Waals surface area contributed by atoms with Crippen molar-refractivity contribution in [1.82, 2.24) is 29.3 Å². The molecule has 3 aromatic heterocycles. The molecule has 45 heavy (non-hydrogen) atoms. The maximum atomic E-state index is 13.8. The highest BCUT2D eigenvalue weighted by Gasteiger charge is 2.28. The minimum absolute atomic E-state index is 0.126. The molecule has 4 heterocycles. The summed E-state index contributed by atoms with van der Waals surface area (Å²) in [6.07, 6.45) is 1.20. The Morgan fingerprint density at radius 2 is 1.67 bits per heavy atom. The standard InChI is InChI=1S/C33H32N6O5S/c1-18-29(19(2)44-37-18)26-16-27-25(17-28(26)43-4)30-31(34-20(3)35-32(30)36-27)23-10-11-24(22-9-7-6-8-21(22)23)33(40)38-12-14-39(15-13-38)45(5,41)42/h6-11,16-17H,12-15H2,1-5H3,(H,34,35,36). The first-order valence-electron chi connectivity index (χ1n) is 14.6. The maximum absolute atomic E-state index is 13.8. The number of fused-ring (bicyclic) bond motifs is 4. The smallest absolute Gasteiger partial charge is 0.254 e. The van der Waals surface area contributed by atoms with Crippen molar-refractivity contribution in [3.63, 3.8) is 0 Å². The van der Waals surface area contributed by atoms with Crippen LogP contribution in [0.2, 0.25) is 0 Å². The highest BCUT2D eigenvalue weighted by atomic mass is 32.2. The first-order valence-corrected chi connectivity index (χ1v) is 16.5. The summed E-state index contributed by atoms with van der Waals surface area (Å²) in [6, 6.07) is 15.6. The summed E-state index contributed by atoms with van der Waals surface area (Å²) in [5, 5.41) is 7.56. The van der Waals surface area contributed by atoms with Gasteiger partial charge < -0.3 is 19.1 Å². The summed E-state index contributed by atoms with van der Waals surface area (Å²) in [7, 11) is -1.66. The number of sulfonamides is 1. The van der Waals surface area contributed by atoms with Crippen LogP contribution in [0.4, 0.5) is 0 Å². The molecule has 12 heteroatoms. The van der Waals surface area contributed by atoms with Crippen molar-refractivity contribution in [2.45, 2.75) is 20.8 Å². The average molecular weight is 625 g/mol. The fraction of sp³-hybridized carbons (Fsp3) is 0.273. The summed E-state index contributed by atoms with van der Waals surface area (Å²) < 4.78 is 36.7. The SMILES string of the molecule is COc1cc2c(cc1-c1c(C)noc1C)[nH]c1nc(C)nc(-c3ccc(C(=O)N4CCN(S(C)(=O)=O)CC4)c4ccccc34)c12. The van der Waals surface area contributed by atoms with Gasteiger partial charge in [-0.3, -0.25) is 4.79 Å². The molecule has 0 bridgehead atoms. The Bertz CT molecular complexity index is 2250. The number of rotatable bonds is 5. The fourth-order valence-electron chi connectivity index (χ4n) is 6.45. The van der Waals surface area contributed by atoms with E-state index in [9.17, 15) is 13.2 Å². The normalized spacial score (nSPS) is 14.6. The van der Waals surface area contributed by atoms with E-state index in [1.165, 1.54) is 10.6 Å². The number of hydrogen-bond acceptors (Lipinski definition) is 8. The molecule has 0 unspecified atom stereocenters. The molecule has 1 N–H and O–H groups in total. The molecule has 0 atom stereocenters. The molecule has 6 aromatic rings. The molecule has 1 amide bonds. The van der Waals surface area contributed by atoms with Crippen LogP contribution in [0.25, 0.3) is 55.1 Å². The first-order chi connectivity index (χ1) is 21.5. The fourth-order valence-corrected chi connectivity index (χ4v) is 7.27. The second-order valence-electron chi connectivity index (χ2n) is 11.4. The molecule has 0 radical (unpaired) electrons. The Hall–Kier alpha value is -4.81. The summed E-state index contributed by atoms with van der Waals surface area (Å²) in [4.78, 5) is 28.7. The van der Waals surface area contributed by atoms with Crippen molar-refractivity contribution >= 4 is 48.6 Å². The van der Waals surface area contributed by atoms with E-state index in [2.05, 4.69) is 10.1 Å². The summed E-state index contributed by atoms with van der Waals surface area (Å²) in [5.74, 6) is 1.86. The molecule has 0 aliphatic carbocycles. The van der Waals surface area contributed by atoms with Crippen molar-refractivity contribution in [3.8, 4) is 28.1 Å². The molecule has 1 saturated heterocycles.